The van der Waals surface area contributed by atoms with E-state index >= 15 is 0 Å². The number of likely N-dealkylation sites (tertiary alicyclic amines) is 1. The summed E-state index contributed by atoms with van der Waals surface area (Å²) >= 11 is 5.17. The normalized spacial score (nSPS) is 14.1. The number of carbonyl (C=O) groups excluding carboxylic acids is 14. The Bertz CT molecular complexity index is 1970. The summed E-state index contributed by atoms with van der Waals surface area (Å²) in [6.07, 6.45) is -0.472. The van der Waals surface area contributed by atoms with Crippen LogP contribution in [0, 0.1) is 23.2 Å². The molecule has 4 atom stereocenters. The zero-order chi connectivity index (χ0) is 62.2. The van der Waals surface area contributed by atoms with Crippen LogP contribution in [0.3, 0.4) is 0 Å². The maximum absolute atomic E-state index is 13.3. The van der Waals surface area contributed by atoms with Crippen molar-refractivity contribution in [2.45, 2.75) is 112 Å². The third kappa shape index (κ3) is 38.2. The lowest BCUT2D eigenvalue weighted by Crippen LogP contribution is -2.44. The number of ketones is 3. The van der Waals surface area contributed by atoms with Crippen molar-refractivity contribution < 1.29 is 114 Å². The van der Waals surface area contributed by atoms with Crippen molar-refractivity contribution in [3.05, 3.63) is 0 Å². The molecule has 470 valence electrons. The van der Waals surface area contributed by atoms with Gasteiger partial charge >= 0.3 is 59.7 Å². The van der Waals surface area contributed by atoms with E-state index in [1.807, 2.05) is 6.92 Å². The minimum atomic E-state index is -1.64. The van der Waals surface area contributed by atoms with Gasteiger partial charge < -0.3 is 52.3 Å². The average molecular weight is 1260 g/mol. The van der Waals surface area contributed by atoms with E-state index in [0.717, 1.165) is 6.42 Å². The molecule has 0 bridgehead atoms. The highest BCUT2D eigenvalue weighted by molar-refractivity contribution is 8.00. The summed E-state index contributed by atoms with van der Waals surface area (Å²) in [5.74, 6) is -7.53. The van der Waals surface area contributed by atoms with Gasteiger partial charge in [0.25, 0.3) is 0 Å². The molecular weight excluding hydrogens is 1170 g/mol. The number of rotatable bonds is 47. The molecule has 1 heterocycles. The van der Waals surface area contributed by atoms with E-state index in [1.165, 1.54) is 67.8 Å². The number of esters is 10. The van der Waals surface area contributed by atoms with Crippen molar-refractivity contribution >= 4 is 130 Å². The van der Waals surface area contributed by atoms with Gasteiger partial charge in [-0.2, -0.15) is 47.0 Å². The Morgan fingerprint density at radius 2 is 0.687 bits per heavy atom. The van der Waals surface area contributed by atoms with Gasteiger partial charge in [0, 0.05) is 65.0 Å². The fraction of sp³-hybridized carbons (Fsp3) is 0.741. The summed E-state index contributed by atoms with van der Waals surface area (Å²) in [7, 11) is 0. The first kappa shape index (κ1) is 75.6. The number of Topliss-reactive ketones (excluding diaryl/α,β-unsaturated/α-hetero) is 3. The molecule has 1 fully saturated rings. The Hall–Kier alpha value is -5.42. The first-order valence-electron chi connectivity index (χ1n) is 27.0. The number of hydrogen-bond acceptors (Lipinski definition) is 28. The Labute approximate surface area is 501 Å². The first-order valence-corrected chi connectivity index (χ1v) is 31.6. The molecule has 0 N–H and O–H groups in total. The zero-order valence-electron chi connectivity index (χ0n) is 48.5. The van der Waals surface area contributed by atoms with Crippen LogP contribution in [-0.4, -0.2) is 213 Å². The molecule has 1 rings (SSSR count). The van der Waals surface area contributed by atoms with Crippen LogP contribution in [0.1, 0.15) is 106 Å². The standard InChI is InChI=1S/C54H81NO24S4/c1-36(51(67)73-18-15-70-48(64)25-40(5)56)28-80-21-10-44(60)76-32-54(35-79-47(63)13-24-83-31-39(4)55-14-8-9-43(55)59,33-77-45(61)11-22-81-29-37(2)52(68)74-19-16-71-49(65)26-41(6)57)34-78-46(62)12-23-82-30-38(3)53(69)75-20-17-72-50(66)27-42(7)58/h36-39H,8-35H2,1-7H3. The molecule has 0 radical (unpaired) electrons. The summed E-state index contributed by atoms with van der Waals surface area (Å²) < 4.78 is 52.7. The van der Waals surface area contributed by atoms with E-state index in [2.05, 4.69) is 0 Å². The molecule has 0 aromatic carbocycles. The van der Waals surface area contributed by atoms with Crippen LogP contribution in [-0.2, 0) is 114 Å². The molecule has 0 saturated carbocycles. The van der Waals surface area contributed by atoms with Crippen LogP contribution in [0.5, 0.6) is 0 Å². The summed E-state index contributed by atoms with van der Waals surface area (Å²) in [6, 6.07) is -0.0481. The maximum atomic E-state index is 13.3. The smallest absolute Gasteiger partial charge is 0.313 e. The Morgan fingerprint density at radius 1 is 0.410 bits per heavy atom. The lowest BCUT2D eigenvalue weighted by molar-refractivity contribution is -0.170. The summed E-state index contributed by atoms with van der Waals surface area (Å²) in [5.41, 5.74) is -1.64. The SMILES string of the molecule is CC(=O)CC(=O)OCCOC(=O)C(C)CSCCC(=O)OCC(COC(=O)CCSCC(C)C(=O)OCCOC(=O)CC(C)=O)(COC(=O)CCSCC(C)C(=O)OCCOC(=O)CC(C)=O)COC(=O)CCSCC(C)N1CCCC1=O. The molecule has 1 saturated heterocycles. The lowest BCUT2D eigenvalue weighted by Gasteiger charge is -2.31. The number of hydrogen-bond donors (Lipinski definition) is 0. The van der Waals surface area contributed by atoms with Crippen LogP contribution < -0.4 is 0 Å². The van der Waals surface area contributed by atoms with Gasteiger partial charge in [0.2, 0.25) is 5.91 Å². The van der Waals surface area contributed by atoms with Gasteiger partial charge in [-0.1, -0.05) is 20.8 Å². The van der Waals surface area contributed by atoms with E-state index in [0.29, 0.717) is 24.5 Å². The third-order valence-electron chi connectivity index (χ3n) is 11.2. The van der Waals surface area contributed by atoms with Crippen molar-refractivity contribution in [3.63, 3.8) is 0 Å². The molecule has 0 aromatic rings. The number of thioether (sulfide) groups is 4. The molecule has 1 amide bonds. The fourth-order valence-electron chi connectivity index (χ4n) is 6.64. The quantitative estimate of drug-likeness (QED) is 0.0362. The first-order chi connectivity index (χ1) is 39.3. The van der Waals surface area contributed by atoms with Crippen LogP contribution in [0.15, 0.2) is 0 Å². The third-order valence-corrected chi connectivity index (χ3v) is 16.1. The highest BCUT2D eigenvalue weighted by atomic mass is 32.2. The second-order valence-corrected chi connectivity index (χ2v) is 24.1. The minimum absolute atomic E-state index is 0.0481. The molecule has 29 heteroatoms. The van der Waals surface area contributed by atoms with Crippen molar-refractivity contribution in [1.82, 2.24) is 4.90 Å². The zero-order valence-corrected chi connectivity index (χ0v) is 51.8. The molecular formula is C54H81NO24S4. The Balaban J connectivity index is 3.09. The van der Waals surface area contributed by atoms with Gasteiger partial charge in [0.1, 0.15) is 108 Å². The fourth-order valence-corrected chi connectivity index (χ4v) is 10.5. The molecule has 83 heavy (non-hydrogen) atoms. The Morgan fingerprint density at radius 3 is 0.952 bits per heavy atom. The molecule has 0 aliphatic carbocycles. The molecule has 4 unspecified atom stereocenters. The molecule has 0 aromatic heterocycles. The van der Waals surface area contributed by atoms with Crippen molar-refractivity contribution in [2.24, 2.45) is 23.2 Å². The predicted molar refractivity (Wildman–Crippen MR) is 304 cm³/mol. The largest absolute Gasteiger partial charge is 0.465 e. The van der Waals surface area contributed by atoms with Gasteiger partial charge in [-0.15, -0.1) is 0 Å². The topological polar surface area (TPSA) is 335 Å². The van der Waals surface area contributed by atoms with E-state index in [4.69, 9.17) is 47.4 Å². The van der Waals surface area contributed by atoms with Crippen molar-refractivity contribution in [2.75, 3.05) is 119 Å². The minimum Gasteiger partial charge on any atom is -0.465 e. The van der Waals surface area contributed by atoms with Crippen LogP contribution in [0.25, 0.3) is 0 Å². The van der Waals surface area contributed by atoms with Gasteiger partial charge in [-0.3, -0.25) is 67.1 Å². The van der Waals surface area contributed by atoms with Crippen LogP contribution in [0.2, 0.25) is 0 Å². The second-order valence-electron chi connectivity index (χ2n) is 19.5. The summed E-state index contributed by atoms with van der Waals surface area (Å²) in [4.78, 5) is 172. The average Bonchev–Trinajstić information content (AvgIpc) is 3.87. The maximum Gasteiger partial charge on any atom is 0.313 e. The van der Waals surface area contributed by atoms with Crippen molar-refractivity contribution in [1.29, 1.82) is 0 Å². The highest BCUT2D eigenvalue weighted by Gasteiger charge is 2.38. The predicted octanol–water partition coefficient (Wildman–Crippen LogP) is 3.75. The number of nitrogens with zero attached hydrogens (tertiary/aromatic N) is 1. The number of amides is 1. The van der Waals surface area contributed by atoms with Gasteiger partial charge in [-0.25, -0.2) is 0 Å². The lowest BCUT2D eigenvalue weighted by atomic mass is 9.92. The molecule has 25 nitrogen and oxygen atoms in total. The second kappa shape index (κ2) is 44.1. The van der Waals surface area contributed by atoms with E-state index in [9.17, 15) is 67.1 Å². The number of ether oxygens (including phenoxy) is 10. The van der Waals surface area contributed by atoms with E-state index in [1.54, 1.807) is 25.7 Å². The Kier molecular flexibility index (Phi) is 40.2. The van der Waals surface area contributed by atoms with E-state index in [-0.39, 0.29) is 129 Å². The van der Waals surface area contributed by atoms with Gasteiger partial charge in [-0.05, 0) is 34.1 Å². The number of carbonyl (C=O) groups is 14. The highest BCUT2D eigenvalue weighted by Crippen LogP contribution is 2.25. The van der Waals surface area contributed by atoms with Crippen LogP contribution in [0.4, 0.5) is 0 Å². The van der Waals surface area contributed by atoms with Gasteiger partial charge in [0.15, 0.2) is 0 Å². The monoisotopic (exact) mass is 1260 g/mol. The van der Waals surface area contributed by atoms with Crippen molar-refractivity contribution in [3.8, 4) is 0 Å². The molecule has 1 aliphatic heterocycles. The van der Waals surface area contributed by atoms with E-state index < -0.39 is 129 Å². The molecule has 0 spiro atoms. The summed E-state index contributed by atoms with van der Waals surface area (Å²) in [6.45, 7) is 7.55. The molecule has 1 aliphatic rings. The van der Waals surface area contributed by atoms with Gasteiger partial charge in [0.05, 0.1) is 43.4 Å². The summed E-state index contributed by atoms with van der Waals surface area (Å²) in [5, 5.41) is 0. The van der Waals surface area contributed by atoms with Crippen LogP contribution >= 0.6 is 47.0 Å².